The Morgan fingerprint density at radius 3 is 2.65 bits per heavy atom. The van der Waals surface area contributed by atoms with Crippen molar-refractivity contribution in [1.29, 1.82) is 0 Å². The van der Waals surface area contributed by atoms with E-state index >= 15 is 0 Å². The maximum atomic E-state index is 14.5. The Balaban J connectivity index is 1.20. The third-order valence-electron chi connectivity index (χ3n) is 10.6. The number of rotatable bonds is 7. The first-order chi connectivity index (χ1) is 25.5. The van der Waals surface area contributed by atoms with Gasteiger partial charge in [0.05, 0.1) is 27.1 Å². The van der Waals surface area contributed by atoms with Crippen molar-refractivity contribution in [3.63, 3.8) is 0 Å². The molecule has 3 fully saturated rings. The number of carbonyl (C=O) groups excluding carboxylic acids is 3. The molecule has 0 unspecified atom stereocenters. The van der Waals surface area contributed by atoms with Crippen LogP contribution in [0.25, 0.3) is 10.2 Å². The maximum absolute atomic E-state index is 14.5. The van der Waals surface area contributed by atoms with E-state index in [4.69, 9.17) is 4.74 Å². The summed E-state index contributed by atoms with van der Waals surface area (Å²) in [5.41, 5.74) is -2.39. The molecule has 54 heavy (non-hydrogen) atoms. The molecule has 2 aromatic carbocycles. The Labute approximate surface area is 321 Å². The molecule has 3 amide bonds. The summed E-state index contributed by atoms with van der Waals surface area (Å²) in [6.07, 6.45) is 1.54. The van der Waals surface area contributed by atoms with E-state index < -0.39 is 79.7 Å². The molecule has 0 radical (unpaired) electrons. The van der Waals surface area contributed by atoms with Crippen LogP contribution >= 0.6 is 27.3 Å². The van der Waals surface area contributed by atoms with E-state index in [0.29, 0.717) is 55.3 Å². The molecule has 3 N–H and O–H groups in total. The Morgan fingerprint density at radius 2 is 1.91 bits per heavy atom. The minimum absolute atomic E-state index is 0.0311. The zero-order chi connectivity index (χ0) is 38.6. The van der Waals surface area contributed by atoms with Gasteiger partial charge in [0.2, 0.25) is 21.8 Å². The van der Waals surface area contributed by atoms with Crippen molar-refractivity contribution in [2.75, 3.05) is 11.9 Å². The molecule has 0 bridgehead atoms. The lowest BCUT2D eigenvalue weighted by Gasteiger charge is -2.30. The second kappa shape index (κ2) is 14.4. The number of amides is 3. The number of carbonyl (C=O) groups is 3. The smallest absolute Gasteiger partial charge is 0.416 e. The second-order valence-corrected chi connectivity index (χ2v) is 18.8. The van der Waals surface area contributed by atoms with Gasteiger partial charge in [0.15, 0.2) is 0 Å². The van der Waals surface area contributed by atoms with E-state index in [-0.39, 0.29) is 31.5 Å². The highest BCUT2D eigenvalue weighted by molar-refractivity contribution is 9.10. The highest BCUT2D eigenvalue weighted by Crippen LogP contribution is 2.47. The van der Waals surface area contributed by atoms with Crippen LogP contribution in [0.5, 0.6) is 5.19 Å². The van der Waals surface area contributed by atoms with Gasteiger partial charge in [-0.25, -0.2) is 17.8 Å². The van der Waals surface area contributed by atoms with Gasteiger partial charge >= 0.3 is 6.18 Å². The number of hydrogen-bond donors (Lipinski definition) is 3. The molecule has 2 saturated carbocycles. The molecule has 290 valence electrons. The van der Waals surface area contributed by atoms with Crippen LogP contribution in [0, 0.1) is 11.7 Å². The number of hydrogen-bond acceptors (Lipinski definition) is 9. The molecule has 0 spiro atoms. The van der Waals surface area contributed by atoms with Gasteiger partial charge in [0, 0.05) is 22.5 Å². The Kier molecular flexibility index (Phi) is 10.3. The van der Waals surface area contributed by atoms with Gasteiger partial charge in [-0.05, 0) is 81.8 Å². The van der Waals surface area contributed by atoms with Crippen LogP contribution in [-0.4, -0.2) is 71.0 Å². The van der Waals surface area contributed by atoms with Crippen LogP contribution in [0.2, 0.25) is 0 Å². The van der Waals surface area contributed by atoms with Crippen molar-refractivity contribution in [1.82, 2.24) is 19.9 Å². The van der Waals surface area contributed by atoms with Crippen molar-refractivity contribution in [2.45, 2.75) is 99.4 Å². The molecule has 11 nitrogen and oxygen atoms in total. The van der Waals surface area contributed by atoms with Crippen molar-refractivity contribution >= 4 is 70.9 Å². The van der Waals surface area contributed by atoms with Gasteiger partial charge in [-0.1, -0.05) is 52.3 Å². The second-order valence-electron chi connectivity index (χ2n) is 14.7. The minimum atomic E-state index is -4.84. The van der Waals surface area contributed by atoms with Crippen LogP contribution in [-0.2, 0) is 30.6 Å². The van der Waals surface area contributed by atoms with Gasteiger partial charge in [-0.2, -0.15) is 13.2 Å². The number of alkyl halides is 3. The molecule has 7 rings (SSSR count). The number of benzene rings is 2. The largest absolute Gasteiger partial charge is 0.465 e. The summed E-state index contributed by atoms with van der Waals surface area (Å²) in [6.45, 7) is 1.44. The summed E-state index contributed by atoms with van der Waals surface area (Å²) in [5, 5.41) is 5.91. The van der Waals surface area contributed by atoms with Crippen LogP contribution in [0.3, 0.4) is 0 Å². The Morgan fingerprint density at radius 1 is 1.13 bits per heavy atom. The third kappa shape index (κ3) is 7.96. The molecule has 1 aromatic heterocycles. The van der Waals surface area contributed by atoms with Crippen molar-refractivity contribution in [3.8, 4) is 5.19 Å². The van der Waals surface area contributed by atoms with E-state index in [1.54, 1.807) is 19.1 Å². The van der Waals surface area contributed by atoms with Gasteiger partial charge in [0.1, 0.15) is 29.5 Å². The number of nitrogens with one attached hydrogen (secondary N) is 3. The zero-order valence-corrected chi connectivity index (χ0v) is 32.3. The normalized spacial score (nSPS) is 27.3. The topological polar surface area (TPSA) is 147 Å². The predicted molar refractivity (Wildman–Crippen MR) is 197 cm³/mol. The van der Waals surface area contributed by atoms with E-state index in [9.17, 15) is 40.4 Å². The van der Waals surface area contributed by atoms with E-state index in [1.807, 2.05) is 18.2 Å². The molecule has 2 aliphatic carbocycles. The number of sulfonamides is 1. The fourth-order valence-corrected chi connectivity index (χ4v) is 9.80. The molecular weight excluding hydrogens is 818 g/mol. The molecule has 1 saturated heterocycles. The van der Waals surface area contributed by atoms with Crippen molar-refractivity contribution < 1.29 is 45.1 Å². The lowest BCUT2D eigenvalue weighted by Crippen LogP contribution is -2.58. The fraction of sp³-hybridized carbons (Fsp3) is 0.500. The summed E-state index contributed by atoms with van der Waals surface area (Å²) in [5.74, 6) is -3.85. The van der Waals surface area contributed by atoms with Gasteiger partial charge in [-0.15, -0.1) is 0 Å². The average Bonchev–Trinajstić information content (AvgIpc) is 3.91. The average molecular weight is 857 g/mol. The number of thiazole rings is 1. The third-order valence-corrected chi connectivity index (χ3v) is 14.2. The van der Waals surface area contributed by atoms with Crippen LogP contribution < -0.4 is 20.1 Å². The minimum Gasteiger partial charge on any atom is -0.465 e. The molecule has 5 atom stereocenters. The predicted octanol–water partition coefficient (Wildman–Crippen LogP) is 6.44. The lowest BCUT2D eigenvalue weighted by molar-refractivity contribution is -0.140. The maximum Gasteiger partial charge on any atom is 0.416 e. The summed E-state index contributed by atoms with van der Waals surface area (Å²) < 4.78 is 90.5. The van der Waals surface area contributed by atoms with Gasteiger partial charge in [0.25, 0.3) is 11.1 Å². The lowest BCUT2D eigenvalue weighted by atomic mass is 10.0. The summed E-state index contributed by atoms with van der Waals surface area (Å²) in [6, 6.07) is 5.11. The van der Waals surface area contributed by atoms with Gasteiger partial charge < -0.3 is 20.3 Å². The number of allylic oxidation sites excluding steroid dienone is 1. The summed E-state index contributed by atoms with van der Waals surface area (Å²) in [7, 11) is -4.04. The molecule has 3 heterocycles. The molecule has 4 aliphatic rings. The Bertz CT molecular complexity index is 2130. The van der Waals surface area contributed by atoms with Crippen LogP contribution in [0.15, 0.2) is 53.0 Å². The number of fused-ring (bicyclic) bond motifs is 3. The molecule has 3 aromatic rings. The highest BCUT2D eigenvalue weighted by atomic mass is 79.9. The number of nitrogens with zero attached hydrogens (tertiary/aromatic N) is 2. The quantitative estimate of drug-likeness (QED) is 0.182. The highest BCUT2D eigenvalue weighted by Gasteiger charge is 2.63. The van der Waals surface area contributed by atoms with E-state index in [1.165, 1.54) is 16.2 Å². The molecular formula is C36H38BrF4N5O6S2. The van der Waals surface area contributed by atoms with Crippen LogP contribution in [0.4, 0.5) is 23.2 Å². The molecule has 18 heteroatoms. The number of halogens is 5. The van der Waals surface area contributed by atoms with Gasteiger partial charge in [-0.3, -0.25) is 19.1 Å². The first-order valence-corrected chi connectivity index (χ1v) is 20.8. The number of ether oxygens (including phenoxy) is 1. The number of anilines is 1. The van der Waals surface area contributed by atoms with Crippen molar-refractivity contribution in [3.05, 3.63) is 64.4 Å². The first-order valence-electron chi connectivity index (χ1n) is 17.7. The van der Waals surface area contributed by atoms with E-state index in [0.717, 1.165) is 21.3 Å². The molecule has 2 aliphatic heterocycles. The fourth-order valence-electron chi connectivity index (χ4n) is 7.05. The summed E-state index contributed by atoms with van der Waals surface area (Å²) in [4.78, 5) is 48.4. The summed E-state index contributed by atoms with van der Waals surface area (Å²) >= 11 is 4.70. The number of aromatic nitrogens is 1. The zero-order valence-electron chi connectivity index (χ0n) is 29.0. The standard InChI is InChI=1S/C36H38BrF4N5O6S2/c1-34(11-12-34)54(50,51)45-32(49)35-18-20(35)7-5-3-2-4-6-8-27(42-24-14-21(36(39,40)41)13-23(38)16-24)31(48)46-19-25(17-28(46)30(47)44-35)52-33-43-26-10-9-22(37)15-29(26)53-33/h5,7,9-10,13-16,20,25,27-28,42H,2-4,6,8,11-12,17-19H2,1H3,(H,44,47)(H,45,49)/t20-,25-,27+,28+,35-/m1/s1. The van der Waals surface area contributed by atoms with Crippen LogP contribution in [0.1, 0.15) is 70.3 Å². The van der Waals surface area contributed by atoms with Crippen molar-refractivity contribution in [2.24, 2.45) is 5.92 Å². The van der Waals surface area contributed by atoms with E-state index in [2.05, 4.69) is 36.3 Å². The SMILES string of the molecule is CC1(S(=O)(=O)NC(=O)[C@@]23C[C@H]2C=CCCCCC[C@H](Nc2cc(F)cc(C(F)(F)F)c2)C(=O)N2C[C@H](Oc4nc5ccc(Br)cc5s4)C[C@H]2C(=O)N3)CC1. The Hall–Kier alpha value is -3.77. The monoisotopic (exact) mass is 855 g/mol. The first kappa shape index (κ1) is 38.5.